The molecule has 10 heteroatoms. The summed E-state index contributed by atoms with van der Waals surface area (Å²) in [6.45, 7) is 3.53. The van der Waals surface area contributed by atoms with Gasteiger partial charge < -0.3 is 29.7 Å². The fourth-order valence-corrected chi connectivity index (χ4v) is 4.28. The molecule has 4 rings (SSSR count). The van der Waals surface area contributed by atoms with Crippen LogP contribution < -0.4 is 25.0 Å². The summed E-state index contributed by atoms with van der Waals surface area (Å²) < 4.78 is 15.8. The molecule has 1 saturated heterocycles. The predicted octanol–water partition coefficient (Wildman–Crippen LogP) is 1.70. The molecular formula is C24H29N5O5. The number of amides is 2. The highest BCUT2D eigenvalue weighted by atomic mass is 16.5. The fraction of sp³-hybridized carbons (Fsp3) is 0.375. The Hall–Kier alpha value is -3.79. The molecule has 10 nitrogen and oxygen atoms in total. The number of benzene rings is 1. The van der Waals surface area contributed by atoms with Gasteiger partial charge in [-0.05, 0) is 29.8 Å². The number of rotatable bonds is 7. The van der Waals surface area contributed by atoms with E-state index in [0.29, 0.717) is 34.9 Å². The van der Waals surface area contributed by atoms with E-state index in [1.54, 1.807) is 31.5 Å². The normalized spacial score (nSPS) is 18.7. The SMILES string of the molecule is COC(=O)C1=C(CN2CCN(c3ccccn3)CC2)NC(=O)N[C@@H]1c1ccc(OC)c(OC)c1. The Bertz CT molecular complexity index is 1070. The molecule has 2 aliphatic heterocycles. The Balaban J connectivity index is 1.58. The third-order valence-electron chi connectivity index (χ3n) is 6.03. The Kier molecular flexibility index (Phi) is 7.17. The maximum atomic E-state index is 12.9. The number of carbonyl (C=O) groups is 2. The molecule has 2 amide bonds. The van der Waals surface area contributed by atoms with Gasteiger partial charge in [-0.3, -0.25) is 4.90 Å². The molecule has 0 bridgehead atoms. The number of hydrogen-bond donors (Lipinski definition) is 2. The third-order valence-corrected chi connectivity index (χ3v) is 6.03. The monoisotopic (exact) mass is 467 g/mol. The van der Waals surface area contributed by atoms with Crippen molar-refractivity contribution in [2.45, 2.75) is 6.04 Å². The van der Waals surface area contributed by atoms with Crippen molar-refractivity contribution in [3.8, 4) is 11.5 Å². The number of ether oxygens (including phenoxy) is 3. The van der Waals surface area contributed by atoms with Crippen LogP contribution in [0.4, 0.5) is 10.6 Å². The van der Waals surface area contributed by atoms with Crippen LogP contribution >= 0.6 is 0 Å². The van der Waals surface area contributed by atoms with Gasteiger partial charge in [0.25, 0.3) is 0 Å². The zero-order valence-corrected chi connectivity index (χ0v) is 19.5. The summed E-state index contributed by atoms with van der Waals surface area (Å²) in [6.07, 6.45) is 1.79. The smallest absolute Gasteiger partial charge is 0.338 e. The van der Waals surface area contributed by atoms with Crippen molar-refractivity contribution in [2.24, 2.45) is 0 Å². The highest BCUT2D eigenvalue weighted by molar-refractivity contribution is 5.95. The summed E-state index contributed by atoms with van der Waals surface area (Å²) in [6, 6.07) is 10.1. The van der Waals surface area contributed by atoms with Crippen LogP contribution in [-0.2, 0) is 9.53 Å². The first-order chi connectivity index (χ1) is 16.5. The minimum Gasteiger partial charge on any atom is -0.493 e. The van der Waals surface area contributed by atoms with Crippen LogP contribution in [0.25, 0.3) is 0 Å². The largest absolute Gasteiger partial charge is 0.493 e. The lowest BCUT2D eigenvalue weighted by Crippen LogP contribution is -2.51. The summed E-state index contributed by atoms with van der Waals surface area (Å²) in [4.78, 5) is 34.3. The number of methoxy groups -OCH3 is 3. The van der Waals surface area contributed by atoms with Crippen LogP contribution in [0.5, 0.6) is 11.5 Å². The zero-order chi connectivity index (χ0) is 24.1. The Labute approximate surface area is 198 Å². The number of urea groups is 1. The lowest BCUT2D eigenvalue weighted by molar-refractivity contribution is -0.136. The summed E-state index contributed by atoms with van der Waals surface area (Å²) in [5, 5.41) is 5.67. The first-order valence-corrected chi connectivity index (χ1v) is 11.0. The lowest BCUT2D eigenvalue weighted by atomic mass is 9.94. The van der Waals surface area contributed by atoms with Crippen molar-refractivity contribution in [3.63, 3.8) is 0 Å². The first-order valence-electron chi connectivity index (χ1n) is 11.0. The third kappa shape index (κ3) is 4.91. The first kappa shape index (κ1) is 23.4. The van der Waals surface area contributed by atoms with Crippen molar-refractivity contribution in [1.29, 1.82) is 0 Å². The van der Waals surface area contributed by atoms with Gasteiger partial charge >= 0.3 is 12.0 Å². The predicted molar refractivity (Wildman–Crippen MR) is 126 cm³/mol. The average molecular weight is 468 g/mol. The number of aromatic nitrogens is 1. The molecule has 34 heavy (non-hydrogen) atoms. The van der Waals surface area contributed by atoms with Crippen LogP contribution in [0.1, 0.15) is 11.6 Å². The van der Waals surface area contributed by atoms with E-state index in [-0.39, 0.29) is 6.03 Å². The van der Waals surface area contributed by atoms with Crippen LogP contribution in [0.3, 0.4) is 0 Å². The number of pyridine rings is 1. The van der Waals surface area contributed by atoms with Crippen LogP contribution in [0.15, 0.2) is 53.9 Å². The van der Waals surface area contributed by atoms with E-state index in [9.17, 15) is 9.59 Å². The quantitative estimate of drug-likeness (QED) is 0.593. The molecule has 0 aliphatic carbocycles. The van der Waals surface area contributed by atoms with Gasteiger partial charge in [0.05, 0.1) is 32.9 Å². The molecule has 180 valence electrons. The Morgan fingerprint density at radius 1 is 1.06 bits per heavy atom. The van der Waals surface area contributed by atoms with Crippen molar-refractivity contribution in [2.75, 3.05) is 59.0 Å². The molecule has 1 fully saturated rings. The molecule has 0 spiro atoms. The van der Waals surface area contributed by atoms with Gasteiger partial charge in [-0.15, -0.1) is 0 Å². The van der Waals surface area contributed by atoms with Crippen LogP contribution in [0, 0.1) is 0 Å². The van der Waals surface area contributed by atoms with E-state index in [2.05, 4.69) is 25.4 Å². The standard InChI is InChI=1S/C24H29N5O5/c1-32-18-8-7-16(14-19(18)33-2)22-21(23(30)34-3)17(26-24(31)27-22)15-28-10-12-29(13-11-28)20-6-4-5-9-25-20/h4-9,14,22H,10-13,15H2,1-3H3,(H2,26,27,31)/t22-/m1/s1. The molecule has 2 aliphatic rings. The minimum atomic E-state index is -0.689. The lowest BCUT2D eigenvalue weighted by Gasteiger charge is -2.37. The number of hydrogen-bond acceptors (Lipinski definition) is 8. The number of anilines is 1. The number of piperazine rings is 1. The maximum Gasteiger partial charge on any atom is 0.338 e. The van der Waals surface area contributed by atoms with E-state index in [0.717, 1.165) is 32.0 Å². The molecule has 0 unspecified atom stereocenters. The second kappa shape index (κ2) is 10.4. The highest BCUT2D eigenvalue weighted by Crippen LogP contribution is 2.34. The highest BCUT2D eigenvalue weighted by Gasteiger charge is 2.35. The summed E-state index contributed by atoms with van der Waals surface area (Å²) in [5.74, 6) is 1.50. The Morgan fingerprint density at radius 2 is 1.82 bits per heavy atom. The summed E-state index contributed by atoms with van der Waals surface area (Å²) >= 11 is 0. The molecule has 1 aromatic carbocycles. The van der Waals surface area contributed by atoms with Gasteiger partial charge in [0.2, 0.25) is 0 Å². The van der Waals surface area contributed by atoms with Gasteiger partial charge in [0, 0.05) is 44.6 Å². The van der Waals surface area contributed by atoms with E-state index in [4.69, 9.17) is 14.2 Å². The number of nitrogens with zero attached hydrogens (tertiary/aromatic N) is 3. The summed E-state index contributed by atoms with van der Waals surface area (Å²) in [5.41, 5.74) is 1.58. The number of carbonyl (C=O) groups excluding carboxylic acids is 2. The molecule has 2 N–H and O–H groups in total. The molecule has 1 atom stereocenters. The summed E-state index contributed by atoms with van der Waals surface area (Å²) in [7, 11) is 4.42. The molecule has 0 radical (unpaired) electrons. The molecule has 0 saturated carbocycles. The topological polar surface area (TPSA) is 105 Å². The second-order valence-electron chi connectivity index (χ2n) is 7.98. The van der Waals surface area contributed by atoms with Gasteiger partial charge in [-0.2, -0.15) is 0 Å². The zero-order valence-electron chi connectivity index (χ0n) is 19.5. The van der Waals surface area contributed by atoms with Crippen molar-refractivity contribution in [3.05, 3.63) is 59.4 Å². The van der Waals surface area contributed by atoms with Gasteiger partial charge in [0.15, 0.2) is 11.5 Å². The van der Waals surface area contributed by atoms with Crippen molar-refractivity contribution < 1.29 is 23.8 Å². The van der Waals surface area contributed by atoms with Gasteiger partial charge in [0.1, 0.15) is 5.82 Å². The molecule has 2 aromatic rings. The molecule has 1 aromatic heterocycles. The maximum absolute atomic E-state index is 12.9. The van der Waals surface area contributed by atoms with E-state index in [1.807, 2.05) is 18.2 Å². The average Bonchev–Trinajstić information content (AvgIpc) is 2.88. The van der Waals surface area contributed by atoms with E-state index in [1.165, 1.54) is 14.2 Å². The van der Waals surface area contributed by atoms with Crippen LogP contribution in [-0.4, -0.2) is 75.9 Å². The fourth-order valence-electron chi connectivity index (χ4n) is 4.28. The van der Waals surface area contributed by atoms with Crippen LogP contribution in [0.2, 0.25) is 0 Å². The number of nitrogens with one attached hydrogen (secondary N) is 2. The van der Waals surface area contributed by atoms with Gasteiger partial charge in [-0.25, -0.2) is 14.6 Å². The van der Waals surface area contributed by atoms with E-state index >= 15 is 0 Å². The number of esters is 1. The second-order valence-corrected chi connectivity index (χ2v) is 7.98. The molecular weight excluding hydrogens is 438 g/mol. The minimum absolute atomic E-state index is 0.362. The Morgan fingerprint density at radius 3 is 2.47 bits per heavy atom. The van der Waals surface area contributed by atoms with Crippen molar-refractivity contribution >= 4 is 17.8 Å². The van der Waals surface area contributed by atoms with Gasteiger partial charge in [-0.1, -0.05) is 12.1 Å². The molecule has 3 heterocycles. The van der Waals surface area contributed by atoms with E-state index < -0.39 is 12.0 Å². The van der Waals surface area contributed by atoms with Crippen molar-refractivity contribution in [1.82, 2.24) is 20.5 Å².